The van der Waals surface area contributed by atoms with Gasteiger partial charge in [0.15, 0.2) is 0 Å². The molecule has 0 aliphatic carbocycles. The van der Waals surface area contributed by atoms with Crippen LogP contribution in [0.2, 0.25) is 0 Å². The minimum atomic E-state index is -4.49. The molecule has 2 aromatic carbocycles. The molecule has 2 N–H and O–H groups in total. The van der Waals surface area contributed by atoms with Crippen molar-refractivity contribution in [1.82, 2.24) is 20.2 Å². The van der Waals surface area contributed by atoms with Gasteiger partial charge in [-0.25, -0.2) is 9.97 Å². The highest BCUT2D eigenvalue weighted by Crippen LogP contribution is 2.32. The van der Waals surface area contributed by atoms with Crippen molar-refractivity contribution in [2.45, 2.75) is 43.8 Å². The minimum absolute atomic E-state index is 0.151. The molecule has 8 nitrogen and oxygen atoms in total. The second kappa shape index (κ2) is 11.6. The number of hydrogen-bond donors (Lipinski definition) is 2. The Hall–Kier alpha value is -3.28. The Morgan fingerprint density at radius 1 is 1.08 bits per heavy atom. The van der Waals surface area contributed by atoms with Crippen LogP contribution in [0.1, 0.15) is 24.0 Å². The van der Waals surface area contributed by atoms with Gasteiger partial charge in [-0.2, -0.15) is 13.2 Å². The van der Waals surface area contributed by atoms with Crippen molar-refractivity contribution in [2.24, 2.45) is 0 Å². The average molecular weight is 530 g/mol. The van der Waals surface area contributed by atoms with Gasteiger partial charge in [-0.1, -0.05) is 30.3 Å². The molecular formula is C27H30F3N5O3. The second-order valence-corrected chi connectivity index (χ2v) is 9.61. The van der Waals surface area contributed by atoms with Gasteiger partial charge in [0.25, 0.3) is 0 Å². The number of carbonyl (C=O) groups is 1. The van der Waals surface area contributed by atoms with Crippen LogP contribution in [0.5, 0.6) is 0 Å². The number of alkyl halides is 3. The van der Waals surface area contributed by atoms with Crippen molar-refractivity contribution < 1.29 is 27.4 Å². The lowest BCUT2D eigenvalue weighted by Crippen LogP contribution is -2.46. The fourth-order valence-corrected chi connectivity index (χ4v) is 5.03. The molecule has 38 heavy (non-hydrogen) atoms. The number of carbonyl (C=O) groups excluding carboxylic acids is 1. The molecule has 3 heterocycles. The molecule has 0 saturated carbocycles. The lowest BCUT2D eigenvalue weighted by atomic mass is 10.1. The Morgan fingerprint density at radius 2 is 1.87 bits per heavy atom. The van der Waals surface area contributed by atoms with Crippen LogP contribution in [0.4, 0.5) is 19.0 Å². The number of ether oxygens (including phenoxy) is 2. The van der Waals surface area contributed by atoms with E-state index in [0.29, 0.717) is 31.3 Å². The van der Waals surface area contributed by atoms with E-state index in [1.807, 2.05) is 30.3 Å². The number of halogens is 3. The molecule has 2 aliphatic heterocycles. The number of fused-ring (bicyclic) bond motifs is 1. The Kier molecular flexibility index (Phi) is 8.06. The van der Waals surface area contributed by atoms with Gasteiger partial charge >= 0.3 is 6.18 Å². The van der Waals surface area contributed by atoms with E-state index in [1.165, 1.54) is 12.4 Å². The number of nitrogens with zero attached hydrogens (tertiary/aromatic N) is 3. The summed E-state index contributed by atoms with van der Waals surface area (Å²) in [6.45, 7) is 3.09. The zero-order valence-corrected chi connectivity index (χ0v) is 20.8. The molecule has 1 unspecified atom stereocenters. The predicted octanol–water partition coefficient (Wildman–Crippen LogP) is 3.63. The first-order valence-electron chi connectivity index (χ1n) is 12.7. The molecule has 3 aromatic rings. The topological polar surface area (TPSA) is 88.6 Å². The Balaban J connectivity index is 1.24. The molecule has 2 atom stereocenters. The smallest absolute Gasteiger partial charge is 0.381 e. The van der Waals surface area contributed by atoms with Gasteiger partial charge in [0.2, 0.25) is 5.91 Å². The van der Waals surface area contributed by atoms with E-state index >= 15 is 0 Å². The first kappa shape index (κ1) is 26.3. The van der Waals surface area contributed by atoms with Gasteiger partial charge < -0.3 is 20.1 Å². The summed E-state index contributed by atoms with van der Waals surface area (Å²) in [7, 11) is 0. The van der Waals surface area contributed by atoms with Crippen molar-refractivity contribution in [2.75, 3.05) is 38.2 Å². The summed E-state index contributed by atoms with van der Waals surface area (Å²) in [6.07, 6.45) is -1.56. The van der Waals surface area contributed by atoms with Crippen molar-refractivity contribution in [3.8, 4) is 0 Å². The third kappa shape index (κ3) is 6.40. The van der Waals surface area contributed by atoms with Crippen LogP contribution in [-0.2, 0) is 27.1 Å². The molecule has 1 aromatic heterocycles. The zero-order valence-electron chi connectivity index (χ0n) is 20.8. The monoisotopic (exact) mass is 529 g/mol. The lowest BCUT2D eigenvalue weighted by Gasteiger charge is -2.30. The van der Waals surface area contributed by atoms with Gasteiger partial charge in [-0.15, -0.1) is 0 Å². The summed E-state index contributed by atoms with van der Waals surface area (Å²) in [5, 5.41) is 6.15. The van der Waals surface area contributed by atoms with Crippen LogP contribution in [0.3, 0.4) is 0 Å². The Labute approximate surface area is 218 Å². The number of benzene rings is 2. The van der Waals surface area contributed by atoms with E-state index in [0.717, 1.165) is 43.8 Å². The number of anilines is 1. The molecule has 0 spiro atoms. The van der Waals surface area contributed by atoms with Crippen LogP contribution >= 0.6 is 0 Å². The molecule has 0 radical (unpaired) electrons. The maximum Gasteiger partial charge on any atom is 0.416 e. The maximum atomic E-state index is 13.2. The summed E-state index contributed by atoms with van der Waals surface area (Å²) in [5.41, 5.74) is 0.607. The number of nitrogens with one attached hydrogen (secondary N) is 2. The average Bonchev–Trinajstić information content (AvgIpc) is 3.33. The predicted molar refractivity (Wildman–Crippen MR) is 135 cm³/mol. The van der Waals surface area contributed by atoms with Crippen LogP contribution in [-0.4, -0.2) is 71.8 Å². The summed E-state index contributed by atoms with van der Waals surface area (Å²) in [5.74, 6) is -0.126. The number of likely N-dealkylation sites (tertiary alicyclic amines) is 1. The number of aromatic nitrogens is 2. The molecule has 2 fully saturated rings. The number of hydrogen-bond acceptors (Lipinski definition) is 7. The Morgan fingerprint density at radius 3 is 2.63 bits per heavy atom. The van der Waals surface area contributed by atoms with Crippen LogP contribution in [0.25, 0.3) is 10.9 Å². The van der Waals surface area contributed by atoms with Crippen molar-refractivity contribution in [3.05, 3.63) is 66.0 Å². The van der Waals surface area contributed by atoms with Gasteiger partial charge in [0.1, 0.15) is 12.1 Å². The summed E-state index contributed by atoms with van der Waals surface area (Å²) >= 11 is 0. The molecule has 2 saturated heterocycles. The van der Waals surface area contributed by atoms with Crippen molar-refractivity contribution in [3.63, 3.8) is 0 Å². The van der Waals surface area contributed by atoms with Gasteiger partial charge in [0, 0.05) is 37.7 Å². The second-order valence-electron chi connectivity index (χ2n) is 9.61. The summed E-state index contributed by atoms with van der Waals surface area (Å²) in [6, 6.07) is 13.3. The van der Waals surface area contributed by atoms with Crippen LogP contribution in [0, 0.1) is 0 Å². The SMILES string of the molecule is O=C(CNc1ncnc2ccc(C(F)(F)F)cc12)NC1CN(C2CCOCC2)C[C@@H]1OCc1ccccc1. The maximum absolute atomic E-state index is 13.2. The van der Waals surface area contributed by atoms with Gasteiger partial charge in [-0.3, -0.25) is 9.69 Å². The van der Waals surface area contributed by atoms with E-state index in [-0.39, 0.29) is 35.8 Å². The molecule has 11 heteroatoms. The fraction of sp³-hybridized carbons (Fsp3) is 0.444. The molecular weight excluding hydrogens is 499 g/mol. The van der Waals surface area contributed by atoms with Crippen LogP contribution < -0.4 is 10.6 Å². The highest BCUT2D eigenvalue weighted by molar-refractivity contribution is 5.91. The zero-order chi connectivity index (χ0) is 26.5. The molecule has 0 bridgehead atoms. The van der Waals surface area contributed by atoms with E-state index < -0.39 is 11.7 Å². The third-order valence-corrected chi connectivity index (χ3v) is 7.03. The van der Waals surface area contributed by atoms with E-state index in [1.54, 1.807) is 0 Å². The minimum Gasteiger partial charge on any atom is -0.381 e. The van der Waals surface area contributed by atoms with Crippen molar-refractivity contribution >= 4 is 22.6 Å². The standard InChI is InChI=1S/C27H30F3N5O3/c28-27(29,30)19-6-7-22-21(12-19)26(33-17-32-22)31-13-25(36)34-23-14-35(20-8-10-37-11-9-20)15-24(23)38-16-18-4-2-1-3-5-18/h1-7,12,17,20,23-24H,8-11,13-16H2,(H,34,36)(H,31,32,33)/t23?,24-/m0/s1. The van der Waals surface area contributed by atoms with Crippen LogP contribution in [0.15, 0.2) is 54.9 Å². The van der Waals surface area contributed by atoms with E-state index in [2.05, 4.69) is 25.5 Å². The van der Waals surface area contributed by atoms with Crippen molar-refractivity contribution in [1.29, 1.82) is 0 Å². The number of rotatable bonds is 8. The third-order valence-electron chi connectivity index (χ3n) is 7.03. The fourth-order valence-electron chi connectivity index (χ4n) is 5.03. The first-order valence-corrected chi connectivity index (χ1v) is 12.7. The summed E-state index contributed by atoms with van der Waals surface area (Å²) in [4.78, 5) is 23.4. The normalized spacial score (nSPS) is 21.0. The highest BCUT2D eigenvalue weighted by atomic mass is 19.4. The first-order chi connectivity index (χ1) is 18.4. The molecule has 5 rings (SSSR count). The largest absolute Gasteiger partial charge is 0.416 e. The lowest BCUT2D eigenvalue weighted by molar-refractivity contribution is -0.137. The summed E-state index contributed by atoms with van der Waals surface area (Å²) < 4.78 is 51.4. The van der Waals surface area contributed by atoms with E-state index in [4.69, 9.17) is 9.47 Å². The molecule has 202 valence electrons. The molecule has 2 aliphatic rings. The number of amides is 1. The van der Waals surface area contributed by atoms with Gasteiger partial charge in [-0.05, 0) is 36.6 Å². The molecule has 1 amide bonds. The highest BCUT2D eigenvalue weighted by Gasteiger charge is 2.38. The Bertz CT molecular complexity index is 1240. The quantitative estimate of drug-likeness (QED) is 0.461. The van der Waals surface area contributed by atoms with E-state index in [9.17, 15) is 18.0 Å². The van der Waals surface area contributed by atoms with Gasteiger partial charge in [0.05, 0.1) is 36.4 Å².